The number of para-hydroxylation sites is 1. The molecule has 0 bridgehead atoms. The van der Waals surface area contributed by atoms with Gasteiger partial charge in [0.05, 0.1) is 20.5 Å². The Morgan fingerprint density at radius 3 is 2.79 bits per heavy atom. The Kier molecular flexibility index (Phi) is 4.69. The summed E-state index contributed by atoms with van der Waals surface area (Å²) >= 11 is 0. The van der Waals surface area contributed by atoms with E-state index in [9.17, 15) is 4.39 Å². The van der Waals surface area contributed by atoms with Gasteiger partial charge in [0.1, 0.15) is 0 Å². The Morgan fingerprint density at radius 2 is 2.08 bits per heavy atom. The first-order valence-electron chi connectivity index (χ1n) is 7.39. The van der Waals surface area contributed by atoms with Crippen molar-refractivity contribution in [2.45, 2.75) is 12.3 Å². The zero-order valence-corrected chi connectivity index (χ0v) is 13.4. The van der Waals surface area contributed by atoms with Gasteiger partial charge < -0.3 is 14.5 Å². The van der Waals surface area contributed by atoms with Crippen LogP contribution in [-0.4, -0.2) is 34.2 Å². The number of hydrogen-bond acceptors (Lipinski definition) is 5. The highest BCUT2D eigenvalue weighted by molar-refractivity contribution is 5.42. The first-order valence-corrected chi connectivity index (χ1v) is 7.39. The van der Waals surface area contributed by atoms with Crippen LogP contribution in [0.25, 0.3) is 0 Å². The van der Waals surface area contributed by atoms with E-state index in [0.717, 1.165) is 17.0 Å². The van der Waals surface area contributed by atoms with E-state index in [1.54, 1.807) is 30.9 Å². The first-order chi connectivity index (χ1) is 11.7. The van der Waals surface area contributed by atoms with E-state index in [0.29, 0.717) is 12.4 Å². The molecule has 0 aliphatic rings. The average Bonchev–Trinajstić information content (AvgIpc) is 3.14. The van der Waals surface area contributed by atoms with Crippen molar-refractivity contribution in [3.63, 3.8) is 0 Å². The smallest absolute Gasteiger partial charge is 0.316 e. The van der Waals surface area contributed by atoms with E-state index in [1.807, 2.05) is 6.07 Å². The maximum atomic E-state index is 14.1. The molecule has 0 unspecified atom stereocenters. The highest BCUT2D eigenvalue weighted by Gasteiger charge is 2.23. The molecule has 2 heterocycles. The molecule has 0 fully saturated rings. The van der Waals surface area contributed by atoms with Crippen LogP contribution in [0.15, 0.2) is 43.0 Å². The van der Waals surface area contributed by atoms with E-state index in [4.69, 9.17) is 9.47 Å². The zero-order chi connectivity index (χ0) is 16.9. The van der Waals surface area contributed by atoms with Crippen molar-refractivity contribution in [2.75, 3.05) is 14.2 Å². The van der Waals surface area contributed by atoms with Gasteiger partial charge >= 0.3 is 6.01 Å². The molecule has 0 amide bonds. The molecule has 0 saturated carbocycles. The Bertz CT molecular complexity index is 808. The Balaban J connectivity index is 2.03. The van der Waals surface area contributed by atoms with Gasteiger partial charge in [0.2, 0.25) is 0 Å². The van der Waals surface area contributed by atoms with Crippen LogP contribution >= 0.6 is 0 Å². The van der Waals surface area contributed by atoms with Crippen LogP contribution in [0, 0.1) is 5.82 Å². The van der Waals surface area contributed by atoms with Crippen molar-refractivity contribution in [3.05, 3.63) is 65.8 Å². The molecule has 0 radical (unpaired) electrons. The number of aromatic amines is 1. The molecule has 1 N–H and O–H groups in total. The maximum Gasteiger partial charge on any atom is 0.316 e. The van der Waals surface area contributed by atoms with Crippen LogP contribution in [-0.2, 0) is 6.42 Å². The number of rotatable bonds is 6. The topological polar surface area (TPSA) is 72.9 Å². The summed E-state index contributed by atoms with van der Waals surface area (Å²) in [5, 5.41) is 0. The van der Waals surface area contributed by atoms with Gasteiger partial charge in [-0.3, -0.25) is 0 Å². The van der Waals surface area contributed by atoms with Crippen molar-refractivity contribution in [2.24, 2.45) is 0 Å². The largest absolute Gasteiger partial charge is 0.493 e. The molecule has 3 aromatic rings. The predicted molar refractivity (Wildman–Crippen MR) is 85.7 cm³/mol. The number of aromatic nitrogens is 4. The van der Waals surface area contributed by atoms with Gasteiger partial charge in [0.15, 0.2) is 11.6 Å². The molecule has 124 valence electrons. The van der Waals surface area contributed by atoms with Crippen LogP contribution in [0.4, 0.5) is 4.39 Å². The lowest BCUT2D eigenvalue weighted by atomic mass is 9.90. The van der Waals surface area contributed by atoms with Crippen LogP contribution < -0.4 is 9.47 Å². The van der Waals surface area contributed by atoms with Crippen molar-refractivity contribution in [3.8, 4) is 11.8 Å². The minimum absolute atomic E-state index is 0.197. The number of benzene rings is 1. The van der Waals surface area contributed by atoms with Crippen molar-refractivity contribution in [1.82, 2.24) is 19.9 Å². The van der Waals surface area contributed by atoms with Crippen molar-refractivity contribution >= 4 is 0 Å². The maximum absolute atomic E-state index is 14.1. The molecule has 2 aromatic heterocycles. The molecule has 0 aliphatic heterocycles. The predicted octanol–water partition coefficient (Wildman–Crippen LogP) is 2.73. The van der Waals surface area contributed by atoms with Crippen LogP contribution in [0.2, 0.25) is 0 Å². The summed E-state index contributed by atoms with van der Waals surface area (Å²) in [6.45, 7) is 0. The molecule has 1 aromatic carbocycles. The fourth-order valence-corrected chi connectivity index (χ4v) is 2.66. The van der Waals surface area contributed by atoms with Crippen molar-refractivity contribution in [1.29, 1.82) is 0 Å². The average molecular weight is 328 g/mol. The Hall–Kier alpha value is -2.96. The van der Waals surface area contributed by atoms with E-state index < -0.39 is 5.82 Å². The van der Waals surface area contributed by atoms with E-state index in [-0.39, 0.29) is 11.7 Å². The number of hydrogen-bond donors (Lipinski definition) is 1. The van der Waals surface area contributed by atoms with E-state index in [1.165, 1.54) is 20.3 Å². The molecule has 3 rings (SSSR count). The SMILES string of the molecule is COc1nccc(C[C@H](c2cnc[nH]2)c2cccc(F)c2OC)n1. The van der Waals surface area contributed by atoms with E-state index in [2.05, 4.69) is 19.9 Å². The number of methoxy groups -OCH3 is 2. The summed E-state index contributed by atoms with van der Waals surface area (Å²) in [4.78, 5) is 15.5. The second-order valence-corrected chi connectivity index (χ2v) is 5.16. The minimum Gasteiger partial charge on any atom is -0.493 e. The van der Waals surface area contributed by atoms with Crippen molar-refractivity contribution < 1.29 is 13.9 Å². The fourth-order valence-electron chi connectivity index (χ4n) is 2.66. The van der Waals surface area contributed by atoms with E-state index >= 15 is 0 Å². The van der Waals surface area contributed by atoms with Gasteiger partial charge in [-0.2, -0.15) is 0 Å². The quantitative estimate of drug-likeness (QED) is 0.753. The standard InChI is InChI=1S/C17H17FN4O2/c1-23-16-12(4-3-5-14(16)18)13(15-9-19-10-21-15)8-11-6-7-20-17(22-11)24-2/h3-7,9-10,13H,8H2,1-2H3,(H,19,21)/t13-/m0/s1. The molecule has 1 atom stereocenters. The molecule has 0 spiro atoms. The lowest BCUT2D eigenvalue weighted by Gasteiger charge is -2.19. The third kappa shape index (κ3) is 3.19. The summed E-state index contributed by atoms with van der Waals surface area (Å²) in [6, 6.07) is 6.97. The molecule has 7 heteroatoms. The Labute approximate surface area is 138 Å². The summed E-state index contributed by atoms with van der Waals surface area (Å²) in [5.74, 6) is -0.379. The highest BCUT2D eigenvalue weighted by Crippen LogP contribution is 2.35. The monoisotopic (exact) mass is 328 g/mol. The van der Waals surface area contributed by atoms with Crippen LogP contribution in [0.3, 0.4) is 0 Å². The Morgan fingerprint density at radius 1 is 1.21 bits per heavy atom. The molecule has 6 nitrogen and oxygen atoms in total. The van der Waals surface area contributed by atoms with Gasteiger partial charge in [-0.15, -0.1) is 0 Å². The normalized spacial score (nSPS) is 12.0. The minimum atomic E-state index is -0.403. The first kappa shape index (κ1) is 15.9. The van der Waals surface area contributed by atoms with Gasteiger partial charge in [-0.1, -0.05) is 12.1 Å². The molecular formula is C17H17FN4O2. The number of nitrogens with one attached hydrogen (secondary N) is 1. The third-order valence-corrected chi connectivity index (χ3v) is 3.76. The summed E-state index contributed by atoms with van der Waals surface area (Å²) in [6.07, 6.45) is 5.46. The number of halogens is 1. The third-order valence-electron chi connectivity index (χ3n) is 3.76. The number of imidazole rings is 1. The highest BCUT2D eigenvalue weighted by atomic mass is 19.1. The number of nitrogens with zero attached hydrogens (tertiary/aromatic N) is 3. The summed E-state index contributed by atoms with van der Waals surface area (Å²) in [7, 11) is 2.97. The zero-order valence-electron chi connectivity index (χ0n) is 13.4. The second kappa shape index (κ2) is 7.08. The van der Waals surface area contributed by atoms with Gasteiger partial charge in [0.25, 0.3) is 0 Å². The van der Waals surface area contributed by atoms with Gasteiger partial charge in [-0.05, 0) is 12.1 Å². The summed E-state index contributed by atoms with van der Waals surface area (Å²) < 4.78 is 24.5. The van der Waals surface area contributed by atoms with Gasteiger partial charge in [-0.25, -0.2) is 19.3 Å². The lowest BCUT2D eigenvalue weighted by Crippen LogP contribution is -2.10. The summed E-state index contributed by atoms with van der Waals surface area (Å²) in [5.41, 5.74) is 2.34. The number of H-pyrrole nitrogens is 1. The molecular weight excluding hydrogens is 311 g/mol. The molecule has 0 aliphatic carbocycles. The fraction of sp³-hybridized carbons (Fsp3) is 0.235. The number of ether oxygens (including phenoxy) is 2. The molecule has 0 saturated heterocycles. The van der Waals surface area contributed by atoms with Crippen LogP contribution in [0.1, 0.15) is 22.9 Å². The van der Waals surface area contributed by atoms with Gasteiger partial charge in [0, 0.05) is 41.7 Å². The lowest BCUT2D eigenvalue weighted by molar-refractivity contribution is 0.375. The second-order valence-electron chi connectivity index (χ2n) is 5.16. The molecule has 24 heavy (non-hydrogen) atoms. The van der Waals surface area contributed by atoms with Crippen LogP contribution in [0.5, 0.6) is 11.8 Å².